The summed E-state index contributed by atoms with van der Waals surface area (Å²) in [6, 6.07) is 5.77. The zero-order valence-electron chi connectivity index (χ0n) is 17.1. The summed E-state index contributed by atoms with van der Waals surface area (Å²) in [5.41, 5.74) is 1.19. The van der Waals surface area contributed by atoms with E-state index in [1.807, 2.05) is 25.1 Å². The molecule has 1 fully saturated rings. The van der Waals surface area contributed by atoms with Gasteiger partial charge in [0.15, 0.2) is 0 Å². The Kier molecular flexibility index (Phi) is 7.84. The summed E-state index contributed by atoms with van der Waals surface area (Å²) in [5.74, 6) is 0.669. The molecule has 0 radical (unpaired) electrons. The fourth-order valence-corrected chi connectivity index (χ4v) is 3.44. The number of hydrogen-bond donors (Lipinski definition) is 5. The zero-order valence-corrected chi connectivity index (χ0v) is 17.1. The summed E-state index contributed by atoms with van der Waals surface area (Å²) < 4.78 is 11.4. The molecule has 160 valence electrons. The SMILES string of the molecule is Cc1ccc([C@@H](C)CCCC(C)(C)O)c(O[C@@H]2OC(CO)[C@@H](O)C(O)[C@H]2O)c1. The molecular formula is C21H34O7. The molecule has 2 unspecified atom stereocenters. The average Bonchev–Trinajstić information content (AvgIpc) is 2.61. The Labute approximate surface area is 166 Å². The summed E-state index contributed by atoms with van der Waals surface area (Å²) in [7, 11) is 0. The first kappa shape index (κ1) is 23.1. The van der Waals surface area contributed by atoms with E-state index >= 15 is 0 Å². The number of aliphatic hydroxyl groups excluding tert-OH is 4. The van der Waals surface area contributed by atoms with Gasteiger partial charge in [0, 0.05) is 0 Å². The van der Waals surface area contributed by atoms with Gasteiger partial charge in [0.25, 0.3) is 0 Å². The molecule has 1 aliphatic heterocycles. The fourth-order valence-electron chi connectivity index (χ4n) is 3.44. The topological polar surface area (TPSA) is 120 Å². The molecule has 7 nitrogen and oxygen atoms in total. The van der Waals surface area contributed by atoms with E-state index in [4.69, 9.17) is 9.47 Å². The largest absolute Gasteiger partial charge is 0.462 e. The van der Waals surface area contributed by atoms with Crippen LogP contribution in [-0.4, -0.2) is 68.4 Å². The van der Waals surface area contributed by atoms with E-state index < -0.39 is 42.9 Å². The van der Waals surface area contributed by atoms with E-state index in [-0.39, 0.29) is 5.92 Å². The molecule has 6 atom stereocenters. The van der Waals surface area contributed by atoms with Gasteiger partial charge in [0.2, 0.25) is 6.29 Å². The van der Waals surface area contributed by atoms with Crippen molar-refractivity contribution in [2.45, 2.75) is 89.2 Å². The number of hydrogen-bond acceptors (Lipinski definition) is 7. The lowest BCUT2D eigenvalue weighted by atomic mass is 9.91. The molecule has 0 bridgehead atoms. The summed E-state index contributed by atoms with van der Waals surface area (Å²) >= 11 is 0. The first-order valence-corrected chi connectivity index (χ1v) is 9.83. The highest BCUT2D eigenvalue weighted by molar-refractivity contribution is 5.39. The van der Waals surface area contributed by atoms with Gasteiger partial charge in [0.1, 0.15) is 30.2 Å². The smallest absolute Gasteiger partial charge is 0.229 e. The second kappa shape index (κ2) is 9.52. The normalized spacial score (nSPS) is 29.5. The van der Waals surface area contributed by atoms with Gasteiger partial charge in [-0.05, 0) is 56.7 Å². The van der Waals surface area contributed by atoms with E-state index in [0.29, 0.717) is 12.2 Å². The van der Waals surface area contributed by atoms with Crippen molar-refractivity contribution in [2.24, 2.45) is 0 Å². The standard InChI is InChI=1S/C21H34O7/c1-12-7-8-14(13(2)6-5-9-21(3,4)26)15(10-12)27-20-19(25)18(24)17(23)16(11-22)28-20/h7-8,10,13,16-20,22-26H,5-6,9,11H2,1-4H3/t13-,16?,17+,18?,19+,20+/m0/s1. The van der Waals surface area contributed by atoms with Crippen molar-refractivity contribution in [2.75, 3.05) is 6.61 Å². The third-order valence-electron chi connectivity index (χ3n) is 5.22. The molecule has 0 aliphatic carbocycles. The fraction of sp³-hybridized carbons (Fsp3) is 0.714. The van der Waals surface area contributed by atoms with E-state index in [0.717, 1.165) is 24.0 Å². The van der Waals surface area contributed by atoms with Crippen LogP contribution in [0.1, 0.15) is 57.1 Å². The Morgan fingerprint density at radius 2 is 1.82 bits per heavy atom. The number of benzene rings is 1. The van der Waals surface area contributed by atoms with Crippen molar-refractivity contribution >= 4 is 0 Å². The Morgan fingerprint density at radius 3 is 2.43 bits per heavy atom. The second-order valence-electron chi connectivity index (χ2n) is 8.46. The molecule has 0 spiro atoms. The molecule has 0 saturated carbocycles. The number of ether oxygens (including phenoxy) is 2. The van der Waals surface area contributed by atoms with Crippen molar-refractivity contribution in [1.29, 1.82) is 0 Å². The molecule has 1 heterocycles. The number of aliphatic hydroxyl groups is 5. The minimum Gasteiger partial charge on any atom is -0.462 e. The minimum absolute atomic E-state index is 0.142. The molecule has 7 heteroatoms. The maximum Gasteiger partial charge on any atom is 0.229 e. The van der Waals surface area contributed by atoms with Crippen LogP contribution in [-0.2, 0) is 4.74 Å². The van der Waals surface area contributed by atoms with Crippen LogP contribution in [0.2, 0.25) is 0 Å². The van der Waals surface area contributed by atoms with Gasteiger partial charge < -0.3 is 35.0 Å². The molecule has 1 aliphatic rings. The Hall–Kier alpha value is -1.22. The van der Waals surface area contributed by atoms with Gasteiger partial charge in [-0.2, -0.15) is 0 Å². The van der Waals surface area contributed by atoms with Crippen LogP contribution in [0, 0.1) is 6.92 Å². The van der Waals surface area contributed by atoms with E-state index in [1.54, 1.807) is 13.8 Å². The van der Waals surface area contributed by atoms with Crippen molar-refractivity contribution < 1.29 is 35.0 Å². The van der Waals surface area contributed by atoms with Gasteiger partial charge in [-0.3, -0.25) is 0 Å². The van der Waals surface area contributed by atoms with Crippen molar-refractivity contribution in [3.8, 4) is 5.75 Å². The first-order valence-electron chi connectivity index (χ1n) is 9.83. The lowest BCUT2D eigenvalue weighted by Crippen LogP contribution is -2.60. The predicted octanol–water partition coefficient (Wildman–Crippen LogP) is 1.22. The zero-order chi connectivity index (χ0) is 21.1. The maximum absolute atomic E-state index is 10.2. The Bertz CT molecular complexity index is 626. The molecule has 0 amide bonds. The highest BCUT2D eigenvalue weighted by Crippen LogP contribution is 2.34. The third kappa shape index (κ3) is 5.89. The lowest BCUT2D eigenvalue weighted by molar-refractivity contribution is -0.277. The minimum atomic E-state index is -1.48. The van der Waals surface area contributed by atoms with Gasteiger partial charge in [0.05, 0.1) is 12.2 Å². The summed E-state index contributed by atoms with van der Waals surface area (Å²) in [6.07, 6.45) is -4.19. The molecule has 1 saturated heterocycles. The number of aryl methyl sites for hydroxylation is 1. The lowest BCUT2D eigenvalue weighted by Gasteiger charge is -2.40. The van der Waals surface area contributed by atoms with Crippen molar-refractivity contribution in [3.05, 3.63) is 29.3 Å². The molecule has 1 aromatic rings. The van der Waals surface area contributed by atoms with Crippen LogP contribution in [0.15, 0.2) is 18.2 Å². The summed E-state index contributed by atoms with van der Waals surface area (Å²) in [4.78, 5) is 0. The first-order chi connectivity index (χ1) is 13.0. The average molecular weight is 398 g/mol. The predicted molar refractivity (Wildman–Crippen MR) is 104 cm³/mol. The quantitative estimate of drug-likeness (QED) is 0.447. The van der Waals surface area contributed by atoms with Gasteiger partial charge in [-0.1, -0.05) is 25.5 Å². The van der Waals surface area contributed by atoms with Crippen LogP contribution in [0.3, 0.4) is 0 Å². The maximum atomic E-state index is 10.2. The van der Waals surface area contributed by atoms with Crippen molar-refractivity contribution in [1.82, 2.24) is 0 Å². The second-order valence-corrected chi connectivity index (χ2v) is 8.46. The molecule has 5 N–H and O–H groups in total. The van der Waals surface area contributed by atoms with Crippen LogP contribution < -0.4 is 4.74 Å². The molecule has 1 aromatic carbocycles. The van der Waals surface area contributed by atoms with Crippen molar-refractivity contribution in [3.63, 3.8) is 0 Å². The van der Waals surface area contributed by atoms with Gasteiger partial charge in [-0.15, -0.1) is 0 Å². The van der Waals surface area contributed by atoms with Crippen LogP contribution in [0.25, 0.3) is 0 Å². The van der Waals surface area contributed by atoms with Crippen LogP contribution in [0.5, 0.6) is 5.75 Å². The Morgan fingerprint density at radius 1 is 1.14 bits per heavy atom. The van der Waals surface area contributed by atoms with Crippen LogP contribution >= 0.6 is 0 Å². The summed E-state index contributed by atoms with van der Waals surface area (Å²) in [5, 5.41) is 49.4. The number of rotatable bonds is 8. The summed E-state index contributed by atoms with van der Waals surface area (Å²) in [6.45, 7) is 7.06. The Balaban J connectivity index is 2.15. The molecule has 2 rings (SSSR count). The van der Waals surface area contributed by atoms with E-state index in [1.165, 1.54) is 0 Å². The highest BCUT2D eigenvalue weighted by atomic mass is 16.7. The third-order valence-corrected chi connectivity index (χ3v) is 5.22. The van der Waals surface area contributed by atoms with Crippen LogP contribution in [0.4, 0.5) is 0 Å². The highest BCUT2D eigenvalue weighted by Gasteiger charge is 2.44. The molecular weight excluding hydrogens is 364 g/mol. The molecule has 0 aromatic heterocycles. The van der Waals surface area contributed by atoms with E-state index in [9.17, 15) is 25.5 Å². The monoisotopic (exact) mass is 398 g/mol. The van der Waals surface area contributed by atoms with E-state index in [2.05, 4.69) is 6.92 Å². The van der Waals surface area contributed by atoms with Gasteiger partial charge >= 0.3 is 0 Å². The van der Waals surface area contributed by atoms with Gasteiger partial charge in [-0.25, -0.2) is 0 Å². The molecule has 28 heavy (non-hydrogen) atoms.